The van der Waals surface area contributed by atoms with Crippen molar-refractivity contribution < 1.29 is 8.78 Å². The summed E-state index contributed by atoms with van der Waals surface area (Å²) in [5.74, 6) is -0.844. The predicted octanol–water partition coefficient (Wildman–Crippen LogP) is 3.39. The van der Waals surface area contributed by atoms with Gasteiger partial charge in [0.1, 0.15) is 17.5 Å². The zero-order valence-electron chi connectivity index (χ0n) is 10.6. The molecule has 0 aliphatic heterocycles. The van der Waals surface area contributed by atoms with Crippen molar-refractivity contribution in [3.63, 3.8) is 0 Å². The molecule has 0 atom stereocenters. The normalized spacial score (nSPS) is 10.7. The largest absolute Gasteiger partial charge is 0.327 e. The van der Waals surface area contributed by atoms with Crippen LogP contribution < -0.4 is 0 Å². The summed E-state index contributed by atoms with van der Waals surface area (Å²) in [6.07, 6.45) is 0. The summed E-state index contributed by atoms with van der Waals surface area (Å²) >= 11 is 0. The van der Waals surface area contributed by atoms with Gasteiger partial charge in [-0.1, -0.05) is 0 Å². The topological polar surface area (TPSA) is 41.6 Å². The number of hydrogen-bond donors (Lipinski definition) is 0. The average Bonchev–Trinajstić information content (AvgIpc) is 2.74. The maximum atomic E-state index is 13.3. The van der Waals surface area contributed by atoms with Crippen molar-refractivity contribution in [3.8, 4) is 17.5 Å². The highest BCUT2D eigenvalue weighted by Gasteiger charge is 2.12. The van der Waals surface area contributed by atoms with Crippen LogP contribution in [-0.4, -0.2) is 9.55 Å². The zero-order valence-corrected chi connectivity index (χ0v) is 10.6. The monoisotopic (exact) mass is 269 g/mol. The van der Waals surface area contributed by atoms with Crippen molar-refractivity contribution >= 4 is 11.0 Å². The molecule has 0 unspecified atom stereocenters. The van der Waals surface area contributed by atoms with E-state index in [1.807, 2.05) is 6.07 Å². The Kier molecular flexibility index (Phi) is 2.72. The van der Waals surface area contributed by atoms with Crippen molar-refractivity contribution in [2.45, 2.75) is 0 Å². The summed E-state index contributed by atoms with van der Waals surface area (Å²) in [5, 5.41) is 8.88. The summed E-state index contributed by atoms with van der Waals surface area (Å²) in [7, 11) is 1.76. The van der Waals surface area contributed by atoms with Gasteiger partial charge in [-0.25, -0.2) is 13.8 Å². The van der Waals surface area contributed by atoms with Crippen LogP contribution in [0.25, 0.3) is 22.4 Å². The maximum absolute atomic E-state index is 13.3. The molecule has 1 aromatic heterocycles. The van der Waals surface area contributed by atoms with Gasteiger partial charge >= 0.3 is 0 Å². The Morgan fingerprint density at radius 2 is 1.80 bits per heavy atom. The SMILES string of the molecule is Cn1c(-c2cc(F)cc(F)c2)nc2cc(C#N)ccc21. The minimum Gasteiger partial charge on any atom is -0.327 e. The Morgan fingerprint density at radius 1 is 1.10 bits per heavy atom. The number of nitriles is 1. The molecule has 0 N–H and O–H groups in total. The quantitative estimate of drug-likeness (QED) is 0.679. The van der Waals surface area contributed by atoms with Gasteiger partial charge in [0.15, 0.2) is 0 Å². The highest BCUT2D eigenvalue weighted by Crippen LogP contribution is 2.25. The van der Waals surface area contributed by atoms with E-state index >= 15 is 0 Å². The Labute approximate surface area is 113 Å². The third kappa shape index (κ3) is 1.91. The Hall–Kier alpha value is -2.74. The van der Waals surface area contributed by atoms with Crippen LogP contribution in [0, 0.1) is 23.0 Å². The van der Waals surface area contributed by atoms with Gasteiger partial charge in [0.2, 0.25) is 0 Å². The molecule has 98 valence electrons. The minimum atomic E-state index is -0.648. The summed E-state index contributed by atoms with van der Waals surface area (Å²) in [6, 6.07) is 10.4. The van der Waals surface area contributed by atoms with Crippen LogP contribution in [0.2, 0.25) is 0 Å². The highest BCUT2D eigenvalue weighted by molar-refractivity contribution is 5.81. The van der Waals surface area contributed by atoms with E-state index in [-0.39, 0.29) is 0 Å². The number of aromatic nitrogens is 2. The number of fused-ring (bicyclic) bond motifs is 1. The number of imidazole rings is 1. The lowest BCUT2D eigenvalue weighted by Gasteiger charge is -2.03. The molecule has 3 rings (SSSR count). The first kappa shape index (κ1) is 12.3. The lowest BCUT2D eigenvalue weighted by atomic mass is 10.2. The summed E-state index contributed by atoms with van der Waals surface area (Å²) in [5.41, 5.74) is 2.27. The summed E-state index contributed by atoms with van der Waals surface area (Å²) < 4.78 is 28.3. The second-order valence-electron chi connectivity index (χ2n) is 4.47. The molecule has 20 heavy (non-hydrogen) atoms. The molecule has 3 aromatic rings. The van der Waals surface area contributed by atoms with Gasteiger partial charge in [-0.3, -0.25) is 0 Å². The molecule has 0 amide bonds. The second kappa shape index (κ2) is 4.42. The molecule has 0 saturated carbocycles. The standard InChI is InChI=1S/C15H9F2N3/c1-20-14-3-2-9(8-18)4-13(14)19-15(20)10-5-11(16)7-12(17)6-10/h2-7H,1H3. The van der Waals surface area contributed by atoms with Crippen LogP contribution in [0.5, 0.6) is 0 Å². The molecule has 0 saturated heterocycles. The first-order valence-corrected chi connectivity index (χ1v) is 5.91. The fourth-order valence-electron chi connectivity index (χ4n) is 2.21. The highest BCUT2D eigenvalue weighted by atomic mass is 19.1. The minimum absolute atomic E-state index is 0.361. The molecule has 0 spiro atoms. The number of nitrogens with zero attached hydrogens (tertiary/aromatic N) is 3. The maximum Gasteiger partial charge on any atom is 0.141 e. The van der Waals surface area contributed by atoms with Crippen LogP contribution in [0.1, 0.15) is 5.56 Å². The molecular formula is C15H9F2N3. The molecule has 0 aliphatic rings. The van der Waals surface area contributed by atoms with Gasteiger partial charge in [0.25, 0.3) is 0 Å². The first-order chi connectivity index (χ1) is 9.58. The van der Waals surface area contributed by atoms with Gasteiger partial charge in [-0.15, -0.1) is 0 Å². The number of aryl methyl sites for hydroxylation is 1. The van der Waals surface area contributed by atoms with Crippen LogP contribution in [0.4, 0.5) is 8.78 Å². The number of halogens is 2. The van der Waals surface area contributed by atoms with E-state index in [0.717, 1.165) is 11.6 Å². The van der Waals surface area contributed by atoms with Crippen molar-refractivity contribution in [1.29, 1.82) is 5.26 Å². The fraction of sp³-hybridized carbons (Fsp3) is 0.0667. The molecule has 0 fully saturated rings. The molecule has 3 nitrogen and oxygen atoms in total. The molecule has 2 aromatic carbocycles. The van der Waals surface area contributed by atoms with Crippen LogP contribution in [0.15, 0.2) is 36.4 Å². The van der Waals surface area contributed by atoms with Crippen LogP contribution in [-0.2, 0) is 7.05 Å². The molecule has 0 aliphatic carbocycles. The van der Waals surface area contributed by atoms with E-state index < -0.39 is 11.6 Å². The van der Waals surface area contributed by atoms with E-state index in [9.17, 15) is 8.78 Å². The number of hydrogen-bond acceptors (Lipinski definition) is 2. The Balaban J connectivity index is 2.26. The zero-order chi connectivity index (χ0) is 14.3. The van der Waals surface area contributed by atoms with Gasteiger partial charge in [-0.2, -0.15) is 5.26 Å². The number of rotatable bonds is 1. The Morgan fingerprint density at radius 3 is 2.45 bits per heavy atom. The van der Waals surface area contributed by atoms with Crippen LogP contribution >= 0.6 is 0 Å². The van der Waals surface area contributed by atoms with Crippen molar-refractivity contribution in [2.24, 2.45) is 7.05 Å². The molecule has 1 heterocycles. The lowest BCUT2D eigenvalue weighted by molar-refractivity contribution is 0.584. The second-order valence-corrected chi connectivity index (χ2v) is 4.47. The smallest absolute Gasteiger partial charge is 0.141 e. The van der Waals surface area contributed by atoms with E-state index in [1.165, 1.54) is 12.1 Å². The van der Waals surface area contributed by atoms with Crippen LogP contribution in [0.3, 0.4) is 0 Å². The van der Waals surface area contributed by atoms with Gasteiger partial charge in [-0.05, 0) is 30.3 Å². The van der Waals surface area contributed by atoms with Crippen molar-refractivity contribution in [1.82, 2.24) is 9.55 Å². The third-order valence-electron chi connectivity index (χ3n) is 3.13. The van der Waals surface area contributed by atoms with E-state index in [2.05, 4.69) is 4.98 Å². The van der Waals surface area contributed by atoms with Crippen molar-refractivity contribution in [2.75, 3.05) is 0 Å². The third-order valence-corrected chi connectivity index (χ3v) is 3.13. The molecule has 5 heteroatoms. The van der Waals surface area contributed by atoms with E-state index in [1.54, 1.807) is 29.8 Å². The number of benzene rings is 2. The van der Waals surface area contributed by atoms with Gasteiger partial charge in [0, 0.05) is 18.7 Å². The average molecular weight is 269 g/mol. The molecule has 0 radical (unpaired) electrons. The summed E-state index contributed by atoms with van der Waals surface area (Å²) in [4.78, 5) is 4.35. The first-order valence-electron chi connectivity index (χ1n) is 5.91. The molecule has 0 bridgehead atoms. The van der Waals surface area contributed by atoms with Gasteiger partial charge in [0.05, 0.1) is 22.7 Å². The van der Waals surface area contributed by atoms with Gasteiger partial charge < -0.3 is 4.57 Å². The molecular weight excluding hydrogens is 260 g/mol. The predicted molar refractivity (Wildman–Crippen MR) is 70.8 cm³/mol. The Bertz CT molecular complexity index is 839. The van der Waals surface area contributed by atoms with E-state index in [4.69, 9.17) is 5.26 Å². The van der Waals surface area contributed by atoms with E-state index in [0.29, 0.717) is 22.5 Å². The van der Waals surface area contributed by atoms with Crippen molar-refractivity contribution in [3.05, 3.63) is 53.6 Å². The lowest BCUT2D eigenvalue weighted by Crippen LogP contribution is -1.94. The summed E-state index contributed by atoms with van der Waals surface area (Å²) in [6.45, 7) is 0. The fourth-order valence-corrected chi connectivity index (χ4v) is 2.21.